The van der Waals surface area contributed by atoms with Crippen molar-refractivity contribution in [2.24, 2.45) is 0 Å². The van der Waals surface area contributed by atoms with Gasteiger partial charge in [-0.1, -0.05) is 94.5 Å². The lowest BCUT2D eigenvalue weighted by atomic mass is 9.97. The number of aromatic nitrogens is 8. The highest BCUT2D eigenvalue weighted by molar-refractivity contribution is 5.90. The number of nitrogens with zero attached hydrogens (tertiary/aromatic N) is 13. The topological polar surface area (TPSA) is 190 Å². The average molecular weight is 1700 g/mol. The van der Waals surface area contributed by atoms with Crippen LogP contribution in [0.4, 0.5) is 4.39 Å². The van der Waals surface area contributed by atoms with Crippen molar-refractivity contribution in [3.8, 4) is 5.75 Å². The van der Waals surface area contributed by atoms with Crippen LogP contribution in [0.2, 0.25) is 0 Å². The Kier molecular flexibility index (Phi) is 26.1. The van der Waals surface area contributed by atoms with Crippen LogP contribution < -0.4 is 4.74 Å². The molecule has 19 nitrogen and oxygen atoms in total. The lowest BCUT2D eigenvalue weighted by Gasteiger charge is -2.29. The lowest BCUT2D eigenvalue weighted by molar-refractivity contribution is 0.0336. The van der Waals surface area contributed by atoms with Crippen LogP contribution in [0, 0.1) is 40.4 Å². The van der Waals surface area contributed by atoms with E-state index in [1.807, 2.05) is 87.5 Å². The molecule has 126 heavy (non-hydrogen) atoms. The van der Waals surface area contributed by atoms with E-state index in [1.54, 1.807) is 50.2 Å². The summed E-state index contributed by atoms with van der Waals surface area (Å²) in [6, 6.07) is 60.2. The van der Waals surface area contributed by atoms with E-state index in [1.165, 1.54) is 151 Å². The van der Waals surface area contributed by atoms with E-state index < -0.39 is 29.0 Å². The number of likely N-dealkylation sites (N-methyl/N-ethyl adjacent to an activating group) is 5. The van der Waals surface area contributed by atoms with E-state index in [2.05, 4.69) is 223 Å². The Morgan fingerprint density at radius 1 is 0.365 bits per heavy atom. The number of fused-ring (bicyclic) bond motifs is 15. The second-order valence-corrected chi connectivity index (χ2v) is 37.0. The van der Waals surface area contributed by atoms with Gasteiger partial charge in [-0.3, -0.25) is 15.0 Å². The van der Waals surface area contributed by atoms with Crippen molar-refractivity contribution in [1.29, 1.82) is 0 Å². The number of aliphatic hydroxyl groups excluding tert-OH is 2. The first-order chi connectivity index (χ1) is 60.5. The van der Waals surface area contributed by atoms with Crippen molar-refractivity contribution < 1.29 is 34.7 Å². The SMILES string of the molecule is COc1ccc(C(O)Cn2c3c(c4cc(C)ccc42)CCN(C)C3)cc1.Cc1ccc2c(c1)c1c(n2CC(C)(O)c2ccccn2)CN(C)CC1.Cc1ccc2c(c1)c1c(n2CC(C)(O)c2cccnc2)CN(C)CC1.Cc1ccc2c(c1)c1c(n2CC(C)(O)c2ccncc2)CN(C)CC1.Cc1ccc2c(c1)c1c(n2CC(O)c2ccc(F)cc2)CN(C)CC1. The van der Waals surface area contributed by atoms with Crippen molar-refractivity contribution in [3.63, 3.8) is 0 Å². The van der Waals surface area contributed by atoms with Crippen molar-refractivity contribution in [1.82, 2.24) is 62.3 Å². The Balaban J connectivity index is 0.000000116. The van der Waals surface area contributed by atoms with Crippen LogP contribution in [0.25, 0.3) is 54.5 Å². The van der Waals surface area contributed by atoms with Crippen LogP contribution in [-0.2, 0) is 114 Å². The smallest absolute Gasteiger partial charge is 0.123 e. The molecule has 15 aromatic rings. The summed E-state index contributed by atoms with van der Waals surface area (Å²) in [6.45, 7) is 28.9. The number of ether oxygens (including phenoxy) is 1. The number of pyridine rings is 3. The maximum Gasteiger partial charge on any atom is 0.123 e. The van der Waals surface area contributed by atoms with E-state index in [4.69, 9.17) is 4.74 Å². The summed E-state index contributed by atoms with van der Waals surface area (Å²) < 4.78 is 29.9. The molecule has 5 aliphatic heterocycles. The first kappa shape index (κ1) is 88.5. The van der Waals surface area contributed by atoms with Gasteiger partial charge in [0.25, 0.3) is 0 Å². The second kappa shape index (κ2) is 37.1. The van der Waals surface area contributed by atoms with Gasteiger partial charge in [0.1, 0.15) is 28.4 Å². The minimum absolute atomic E-state index is 0.281. The Hall–Kier alpha value is -11.0. The normalized spacial score (nSPS) is 16.9. The lowest BCUT2D eigenvalue weighted by Crippen LogP contribution is -2.32. The molecule has 0 aliphatic carbocycles. The van der Waals surface area contributed by atoms with Crippen LogP contribution in [0.5, 0.6) is 5.75 Å². The minimum Gasteiger partial charge on any atom is -0.497 e. The molecule has 0 saturated heterocycles. The Labute approximate surface area is 740 Å². The van der Waals surface area contributed by atoms with Gasteiger partial charge in [0.05, 0.1) is 57.7 Å². The van der Waals surface area contributed by atoms with Crippen molar-refractivity contribution in [2.45, 2.75) is 182 Å². The van der Waals surface area contributed by atoms with Gasteiger partial charge in [-0.25, -0.2) is 4.39 Å². The number of benzene rings is 7. The summed E-state index contributed by atoms with van der Waals surface area (Å²) in [6.07, 6.45) is 12.8. The number of hydrogen-bond donors (Lipinski definition) is 5. The largest absolute Gasteiger partial charge is 0.497 e. The predicted octanol–water partition coefficient (Wildman–Crippen LogP) is 17.2. The van der Waals surface area contributed by atoms with E-state index >= 15 is 0 Å². The zero-order valence-electron chi connectivity index (χ0n) is 75.8. The summed E-state index contributed by atoms with van der Waals surface area (Å²) in [7, 11) is 12.4. The van der Waals surface area contributed by atoms with E-state index in [9.17, 15) is 29.9 Å². The number of rotatable bonds is 16. The molecule has 0 radical (unpaired) electrons. The van der Waals surface area contributed by atoms with Crippen LogP contribution in [0.1, 0.15) is 145 Å². The molecule has 0 amide bonds. The minimum atomic E-state index is -1.01. The van der Waals surface area contributed by atoms with Crippen LogP contribution >= 0.6 is 0 Å². The summed E-state index contributed by atoms with van der Waals surface area (Å²) in [4.78, 5) is 24.3. The van der Waals surface area contributed by atoms with Crippen LogP contribution in [0.15, 0.2) is 213 Å². The third kappa shape index (κ3) is 18.9. The number of methoxy groups -OCH3 is 1. The van der Waals surface area contributed by atoms with Gasteiger partial charge in [0, 0.05) is 185 Å². The zero-order chi connectivity index (χ0) is 88.6. The van der Waals surface area contributed by atoms with Gasteiger partial charge in [-0.15, -0.1) is 0 Å². The third-order valence-corrected chi connectivity index (χ3v) is 26.7. The maximum absolute atomic E-state index is 13.1. The molecule has 5 N–H and O–H groups in total. The summed E-state index contributed by atoms with van der Waals surface area (Å²) in [5.41, 5.74) is 27.4. The molecule has 0 fully saturated rings. The predicted molar refractivity (Wildman–Crippen MR) is 504 cm³/mol. The molecule has 8 aromatic heterocycles. The maximum atomic E-state index is 13.1. The molecular weight excluding hydrogens is 1570 g/mol. The average Bonchev–Trinajstić information content (AvgIpc) is 1.62. The van der Waals surface area contributed by atoms with E-state index in [0.29, 0.717) is 38.4 Å². The molecule has 5 aliphatic rings. The fourth-order valence-electron chi connectivity index (χ4n) is 19.7. The van der Waals surface area contributed by atoms with Gasteiger partial charge < -0.3 is 77.6 Å². The molecule has 20 rings (SSSR count). The number of hydrogen-bond acceptors (Lipinski definition) is 14. The van der Waals surface area contributed by atoms with E-state index in [-0.39, 0.29) is 5.82 Å². The molecule has 0 bridgehead atoms. The number of halogens is 1. The van der Waals surface area contributed by atoms with Crippen LogP contribution in [-0.4, -0.2) is 163 Å². The molecule has 7 aromatic carbocycles. The van der Waals surface area contributed by atoms with Gasteiger partial charge in [-0.2, -0.15) is 0 Å². The first-order valence-electron chi connectivity index (χ1n) is 44.6. The van der Waals surface area contributed by atoms with Crippen molar-refractivity contribution in [2.75, 3.05) is 75.1 Å². The fourth-order valence-corrected chi connectivity index (χ4v) is 19.7. The molecule has 0 spiro atoms. The molecule has 20 heteroatoms. The first-order valence-corrected chi connectivity index (χ1v) is 44.6. The number of aryl methyl sites for hydroxylation is 5. The van der Waals surface area contributed by atoms with E-state index in [0.717, 1.165) is 126 Å². The molecule has 0 saturated carbocycles. The highest BCUT2D eigenvalue weighted by Crippen LogP contribution is 2.41. The highest BCUT2D eigenvalue weighted by atomic mass is 19.1. The third-order valence-electron chi connectivity index (χ3n) is 26.7. The van der Waals surface area contributed by atoms with Crippen molar-refractivity contribution in [3.05, 3.63) is 331 Å². The number of aliphatic hydroxyl groups is 5. The summed E-state index contributed by atoms with van der Waals surface area (Å²) in [5, 5.41) is 61.7. The van der Waals surface area contributed by atoms with Gasteiger partial charge in [-0.05, 0) is 283 Å². The summed E-state index contributed by atoms with van der Waals surface area (Å²) in [5.74, 6) is 0.527. The highest BCUT2D eigenvalue weighted by Gasteiger charge is 2.35. The quantitative estimate of drug-likeness (QED) is 0.0614. The molecule has 656 valence electrons. The Bertz CT molecular complexity index is 6000. The summed E-state index contributed by atoms with van der Waals surface area (Å²) >= 11 is 0. The fraction of sp³-hybridized carbons (Fsp3) is 0.368. The zero-order valence-corrected chi connectivity index (χ0v) is 75.8. The molecule has 13 heterocycles. The Morgan fingerprint density at radius 2 is 0.698 bits per heavy atom. The standard InChI is InChI=1S/C22H26N2O2.C21H23FN2O.3C21H25N3O/c1-15-4-9-20-19(12-15)18-10-11-23(2)13-21(18)24(20)14-22(25)16-5-7-17(26-3)8-6-16;1-14-3-8-19-18(11-14)17-9-10-23(2)12-20(17)24(19)13-21(25)15-4-6-16(22)7-5-15;1-15-4-5-19-18(12-15)17-8-11-23(3)13-20(17)24(19)14-21(2,25)16-6-9-22-10-7-16;1-15-6-7-19-18(11-15)17-8-10-23(3)13-20(17)24(19)14-21(2,25)16-5-4-9-22-12-16;1-15-7-8-18-17(12-15)16-9-11-23(3)13-19(16)24(18)14-21(2,25)20-6-4-5-10-22-20/h4-9,12,22,25H,10-11,13-14H2,1-3H3;3-8,11,21,25H,9-10,12-13H2,1-2H3;4-7,9-10,12,25H,8,11,13-14H2,1-3H3;4-7,9,11-12,25H,8,10,13-14H2,1-3H3;4-8,10,12,25H,9,11,13-14H2,1-3H3. The second-order valence-electron chi connectivity index (χ2n) is 37.0. The molecule has 5 unspecified atom stereocenters. The van der Waals surface area contributed by atoms with Crippen LogP contribution in [0.3, 0.4) is 0 Å². The Morgan fingerprint density at radius 3 is 1.03 bits per heavy atom. The van der Waals surface area contributed by atoms with Gasteiger partial charge >= 0.3 is 0 Å². The molecule has 5 atom stereocenters. The molecular formula is C106H124FN13O6. The monoisotopic (exact) mass is 1690 g/mol. The van der Waals surface area contributed by atoms with Gasteiger partial charge in [0.2, 0.25) is 0 Å². The van der Waals surface area contributed by atoms with Gasteiger partial charge in [0.15, 0.2) is 0 Å². The van der Waals surface area contributed by atoms with Crippen molar-refractivity contribution >= 4 is 54.5 Å².